The van der Waals surface area contributed by atoms with Crippen molar-refractivity contribution in [1.29, 1.82) is 0 Å². The number of nitrogens with one attached hydrogen (secondary N) is 1. The lowest BCUT2D eigenvalue weighted by Crippen LogP contribution is -2.40. The fourth-order valence-corrected chi connectivity index (χ4v) is 1.93. The van der Waals surface area contributed by atoms with Gasteiger partial charge in [0.1, 0.15) is 0 Å². The average Bonchev–Trinajstić information content (AvgIpc) is 2.17. The lowest BCUT2D eigenvalue weighted by Gasteiger charge is -2.28. The largest absolute Gasteiger partial charge is 0.396 e. The molecule has 3 nitrogen and oxygen atoms in total. The van der Waals surface area contributed by atoms with Crippen LogP contribution in [-0.4, -0.2) is 29.6 Å². The van der Waals surface area contributed by atoms with Gasteiger partial charge in [-0.15, -0.1) is 0 Å². The Hall–Kier alpha value is -0.710. The van der Waals surface area contributed by atoms with E-state index < -0.39 is 5.92 Å². The van der Waals surface area contributed by atoms with Gasteiger partial charge in [-0.1, -0.05) is 0 Å². The summed E-state index contributed by atoms with van der Waals surface area (Å²) >= 11 is 0. The molecule has 1 fully saturated rings. The number of amides is 1. The van der Waals surface area contributed by atoms with Crippen molar-refractivity contribution in [1.82, 2.24) is 5.32 Å². The normalized spacial score (nSPS) is 22.8. The third-order valence-electron chi connectivity index (χ3n) is 3.04. The Morgan fingerprint density at radius 2 is 2.06 bits per heavy atom. The monoisotopic (exact) mass is 235 g/mol. The van der Waals surface area contributed by atoms with Crippen LogP contribution in [0.3, 0.4) is 0 Å². The zero-order valence-corrected chi connectivity index (χ0v) is 9.51. The molecule has 0 aromatic rings. The smallest absolute Gasteiger partial charge is 0.248 e. The van der Waals surface area contributed by atoms with E-state index >= 15 is 0 Å². The number of halogens is 2. The molecule has 1 saturated carbocycles. The number of aliphatic hydroxyl groups excluding tert-OH is 1. The van der Waals surface area contributed by atoms with Gasteiger partial charge in [0.15, 0.2) is 0 Å². The molecular weight excluding hydrogens is 216 g/mol. The zero-order valence-electron chi connectivity index (χ0n) is 9.51. The van der Waals surface area contributed by atoms with Gasteiger partial charge in [-0.25, -0.2) is 8.78 Å². The molecule has 0 spiro atoms. The van der Waals surface area contributed by atoms with Crippen LogP contribution >= 0.6 is 0 Å². The second-order valence-electron chi connectivity index (χ2n) is 4.55. The number of rotatable bonds is 4. The summed E-state index contributed by atoms with van der Waals surface area (Å²) in [6.07, 6.45) is 0.614. The zero-order chi connectivity index (χ0) is 12.2. The highest BCUT2D eigenvalue weighted by Gasteiger charge is 2.37. The van der Waals surface area contributed by atoms with Crippen LogP contribution in [0.1, 0.15) is 39.0 Å². The van der Waals surface area contributed by atoms with E-state index in [1.54, 1.807) is 6.92 Å². The average molecular weight is 235 g/mol. The summed E-state index contributed by atoms with van der Waals surface area (Å²) in [5.41, 5.74) is 0. The van der Waals surface area contributed by atoms with E-state index in [9.17, 15) is 13.6 Å². The van der Waals surface area contributed by atoms with Gasteiger partial charge in [0.2, 0.25) is 11.8 Å². The fourth-order valence-electron chi connectivity index (χ4n) is 1.93. The van der Waals surface area contributed by atoms with Crippen LogP contribution in [0, 0.1) is 5.92 Å². The van der Waals surface area contributed by atoms with Crippen LogP contribution in [0.15, 0.2) is 0 Å². The van der Waals surface area contributed by atoms with Crippen LogP contribution in [0.5, 0.6) is 0 Å². The van der Waals surface area contributed by atoms with Crippen LogP contribution in [0.25, 0.3) is 0 Å². The van der Waals surface area contributed by atoms with E-state index in [0.29, 0.717) is 6.42 Å². The van der Waals surface area contributed by atoms with E-state index in [-0.39, 0.29) is 50.2 Å². The summed E-state index contributed by atoms with van der Waals surface area (Å²) in [7, 11) is 0. The van der Waals surface area contributed by atoms with Crippen molar-refractivity contribution < 1.29 is 18.7 Å². The maximum absolute atomic E-state index is 12.9. The molecule has 0 heterocycles. The predicted molar refractivity (Wildman–Crippen MR) is 56.2 cm³/mol. The van der Waals surface area contributed by atoms with E-state index in [0.717, 1.165) is 0 Å². The minimum absolute atomic E-state index is 0.0180. The van der Waals surface area contributed by atoms with E-state index in [1.807, 2.05) is 0 Å². The Morgan fingerprint density at radius 1 is 1.50 bits per heavy atom. The van der Waals surface area contributed by atoms with Gasteiger partial charge in [-0.3, -0.25) is 4.79 Å². The molecule has 16 heavy (non-hydrogen) atoms. The van der Waals surface area contributed by atoms with Crippen molar-refractivity contribution in [2.75, 3.05) is 6.61 Å². The third-order valence-corrected chi connectivity index (χ3v) is 3.04. The SMILES string of the molecule is CC(CCO)NC(=O)C1CCC(F)(F)CC1. The minimum atomic E-state index is -2.59. The molecule has 0 aliphatic heterocycles. The van der Waals surface area contributed by atoms with Crippen LogP contribution in [0.2, 0.25) is 0 Å². The molecule has 0 aromatic carbocycles. The molecule has 1 unspecified atom stereocenters. The summed E-state index contributed by atoms with van der Waals surface area (Å²) < 4.78 is 25.7. The Labute approximate surface area is 94.2 Å². The first kappa shape index (κ1) is 13.4. The quantitative estimate of drug-likeness (QED) is 0.779. The number of alkyl halides is 2. The van der Waals surface area contributed by atoms with E-state index in [1.165, 1.54) is 0 Å². The number of aliphatic hydroxyl groups is 1. The Morgan fingerprint density at radius 3 is 2.56 bits per heavy atom. The molecule has 5 heteroatoms. The van der Waals surface area contributed by atoms with Crippen molar-refractivity contribution in [3.63, 3.8) is 0 Å². The minimum Gasteiger partial charge on any atom is -0.396 e. The summed E-state index contributed by atoms with van der Waals surface area (Å²) in [4.78, 5) is 11.7. The highest BCUT2D eigenvalue weighted by Crippen LogP contribution is 2.36. The number of hydrogen-bond donors (Lipinski definition) is 2. The van der Waals surface area contributed by atoms with Gasteiger partial charge in [0.25, 0.3) is 0 Å². The molecule has 1 rings (SSSR count). The molecular formula is C11H19F2NO2. The van der Waals surface area contributed by atoms with Crippen molar-refractivity contribution in [3.8, 4) is 0 Å². The predicted octanol–water partition coefficient (Wildman–Crippen LogP) is 1.70. The van der Waals surface area contributed by atoms with Crippen molar-refractivity contribution >= 4 is 5.91 Å². The van der Waals surface area contributed by atoms with Gasteiger partial charge >= 0.3 is 0 Å². The molecule has 0 radical (unpaired) electrons. The molecule has 2 N–H and O–H groups in total. The summed E-state index contributed by atoms with van der Waals surface area (Å²) in [5, 5.41) is 11.4. The van der Waals surface area contributed by atoms with Crippen molar-refractivity contribution in [3.05, 3.63) is 0 Å². The molecule has 1 amide bonds. The standard InChI is InChI=1S/C11H19F2NO2/c1-8(4-7-15)14-10(16)9-2-5-11(12,13)6-3-9/h8-9,15H,2-7H2,1H3,(H,14,16). The second-order valence-corrected chi connectivity index (χ2v) is 4.55. The van der Waals surface area contributed by atoms with Crippen LogP contribution in [0.4, 0.5) is 8.78 Å². The highest BCUT2D eigenvalue weighted by molar-refractivity contribution is 5.79. The molecule has 1 aliphatic rings. The highest BCUT2D eigenvalue weighted by atomic mass is 19.3. The van der Waals surface area contributed by atoms with Gasteiger partial charge in [0.05, 0.1) is 0 Å². The van der Waals surface area contributed by atoms with E-state index in [2.05, 4.69) is 5.32 Å². The van der Waals surface area contributed by atoms with Crippen molar-refractivity contribution in [2.24, 2.45) is 5.92 Å². The first-order chi connectivity index (χ1) is 7.44. The summed E-state index contributed by atoms with van der Waals surface area (Å²) in [6, 6.07) is -0.0973. The number of carbonyl (C=O) groups is 1. The van der Waals surface area contributed by atoms with Crippen molar-refractivity contribution in [2.45, 2.75) is 51.0 Å². The molecule has 0 bridgehead atoms. The Kier molecular flexibility index (Phi) is 4.65. The lowest BCUT2D eigenvalue weighted by atomic mass is 9.86. The van der Waals surface area contributed by atoms with Gasteiger partial charge in [-0.2, -0.15) is 0 Å². The number of carbonyl (C=O) groups excluding carboxylic acids is 1. The third kappa shape index (κ3) is 4.04. The lowest BCUT2D eigenvalue weighted by molar-refractivity contribution is -0.129. The van der Waals surface area contributed by atoms with Crippen LogP contribution < -0.4 is 5.32 Å². The van der Waals surface area contributed by atoms with Gasteiger partial charge in [0, 0.05) is 31.4 Å². The molecule has 94 valence electrons. The fraction of sp³-hybridized carbons (Fsp3) is 0.909. The van der Waals surface area contributed by atoms with Crippen LogP contribution in [-0.2, 0) is 4.79 Å². The van der Waals surface area contributed by atoms with E-state index in [4.69, 9.17) is 5.11 Å². The maximum Gasteiger partial charge on any atom is 0.248 e. The molecule has 1 aliphatic carbocycles. The summed E-state index contributed by atoms with van der Waals surface area (Å²) in [5.74, 6) is -3.04. The Bertz CT molecular complexity index is 236. The topological polar surface area (TPSA) is 49.3 Å². The first-order valence-corrected chi connectivity index (χ1v) is 5.73. The van der Waals surface area contributed by atoms with Gasteiger partial charge in [-0.05, 0) is 26.2 Å². The Balaban J connectivity index is 2.33. The second kappa shape index (κ2) is 5.57. The maximum atomic E-state index is 12.9. The summed E-state index contributed by atoms with van der Waals surface area (Å²) in [6.45, 7) is 1.82. The number of hydrogen-bond acceptors (Lipinski definition) is 2. The first-order valence-electron chi connectivity index (χ1n) is 5.73. The molecule has 1 atom stereocenters. The molecule has 0 saturated heterocycles. The van der Waals surface area contributed by atoms with Gasteiger partial charge < -0.3 is 10.4 Å². The molecule has 0 aromatic heterocycles.